The van der Waals surface area contributed by atoms with Crippen LogP contribution >= 0.6 is 0 Å². The van der Waals surface area contributed by atoms with Gasteiger partial charge in [0.2, 0.25) is 0 Å². The van der Waals surface area contributed by atoms with Crippen LogP contribution in [-0.4, -0.2) is 5.11 Å². The van der Waals surface area contributed by atoms with E-state index >= 15 is 0 Å². The molecule has 0 fully saturated rings. The molecule has 0 spiro atoms. The molecule has 1 N–H and O–H groups in total. The average molecular weight is 274 g/mol. The predicted molar refractivity (Wildman–Crippen MR) is 86.2 cm³/mol. The molecule has 0 bridgehead atoms. The molecule has 1 nitrogen and oxygen atoms in total. The van der Waals surface area contributed by atoms with Gasteiger partial charge in [-0.15, -0.1) is 0 Å². The summed E-state index contributed by atoms with van der Waals surface area (Å²) in [5.41, 5.74) is 3.82. The highest BCUT2D eigenvalue weighted by molar-refractivity contribution is 5.83. The second kappa shape index (κ2) is 5.01. The third-order valence-electron chi connectivity index (χ3n) is 4.64. The summed E-state index contributed by atoms with van der Waals surface area (Å²) in [6.07, 6.45) is 1.57. The maximum Gasteiger partial charge on any atom is 0.0824 e. The van der Waals surface area contributed by atoms with Crippen LogP contribution in [0.5, 0.6) is 0 Å². The Morgan fingerprint density at radius 2 is 1.38 bits per heavy atom. The summed E-state index contributed by atoms with van der Waals surface area (Å²) in [6.45, 7) is 0. The van der Waals surface area contributed by atoms with Crippen LogP contribution in [0.4, 0.5) is 0 Å². The molecular weight excluding hydrogens is 256 g/mol. The molecule has 1 aliphatic rings. The van der Waals surface area contributed by atoms with Gasteiger partial charge in [0, 0.05) is 0 Å². The number of benzene rings is 3. The molecule has 0 heterocycles. The van der Waals surface area contributed by atoms with Crippen molar-refractivity contribution in [1.82, 2.24) is 0 Å². The van der Waals surface area contributed by atoms with E-state index in [4.69, 9.17) is 0 Å². The summed E-state index contributed by atoms with van der Waals surface area (Å²) in [6, 6.07) is 23.1. The van der Waals surface area contributed by atoms with E-state index in [1.165, 1.54) is 21.9 Å². The lowest BCUT2D eigenvalue weighted by Crippen LogP contribution is -2.12. The topological polar surface area (TPSA) is 20.2 Å². The Balaban J connectivity index is 1.64. The van der Waals surface area contributed by atoms with Crippen molar-refractivity contribution < 1.29 is 5.11 Å². The summed E-state index contributed by atoms with van der Waals surface area (Å²) in [7, 11) is 0. The summed E-state index contributed by atoms with van der Waals surface area (Å²) in [5.74, 6) is 0.295. The Hall–Kier alpha value is -2.12. The van der Waals surface area contributed by atoms with Gasteiger partial charge in [0.25, 0.3) is 0 Å². The molecule has 0 aliphatic heterocycles. The zero-order valence-corrected chi connectivity index (χ0v) is 11.9. The second-order valence-electron chi connectivity index (χ2n) is 5.99. The molecule has 21 heavy (non-hydrogen) atoms. The van der Waals surface area contributed by atoms with Gasteiger partial charge in [-0.05, 0) is 52.3 Å². The smallest absolute Gasteiger partial charge is 0.0824 e. The predicted octanol–water partition coefficient (Wildman–Crippen LogP) is 4.29. The van der Waals surface area contributed by atoms with Crippen LogP contribution in [0.25, 0.3) is 10.8 Å². The highest BCUT2D eigenvalue weighted by Crippen LogP contribution is 2.35. The van der Waals surface area contributed by atoms with E-state index in [9.17, 15) is 5.11 Å². The van der Waals surface area contributed by atoms with E-state index < -0.39 is 0 Å². The van der Waals surface area contributed by atoms with Gasteiger partial charge in [-0.25, -0.2) is 0 Å². The van der Waals surface area contributed by atoms with Crippen molar-refractivity contribution in [3.05, 3.63) is 83.4 Å². The first-order valence-corrected chi connectivity index (χ1v) is 7.55. The summed E-state index contributed by atoms with van der Waals surface area (Å²) < 4.78 is 0. The van der Waals surface area contributed by atoms with Crippen LogP contribution in [0.2, 0.25) is 0 Å². The SMILES string of the molecule is OC(c1ccc2ccccc2c1)C1Cc2ccccc2C1. The molecule has 0 radical (unpaired) electrons. The van der Waals surface area contributed by atoms with E-state index in [0.717, 1.165) is 18.4 Å². The number of hydrogen-bond donors (Lipinski definition) is 1. The van der Waals surface area contributed by atoms with Crippen LogP contribution in [-0.2, 0) is 12.8 Å². The van der Waals surface area contributed by atoms with E-state index in [0.29, 0.717) is 5.92 Å². The van der Waals surface area contributed by atoms with Crippen LogP contribution in [0.15, 0.2) is 66.7 Å². The van der Waals surface area contributed by atoms with Gasteiger partial charge in [-0.3, -0.25) is 0 Å². The minimum Gasteiger partial charge on any atom is -0.388 e. The van der Waals surface area contributed by atoms with Crippen LogP contribution < -0.4 is 0 Å². The number of aliphatic hydroxyl groups excluding tert-OH is 1. The Morgan fingerprint density at radius 3 is 2.10 bits per heavy atom. The zero-order chi connectivity index (χ0) is 14.2. The van der Waals surface area contributed by atoms with E-state index in [-0.39, 0.29) is 6.10 Å². The van der Waals surface area contributed by atoms with E-state index in [2.05, 4.69) is 54.6 Å². The molecular formula is C20H18O. The Morgan fingerprint density at radius 1 is 0.762 bits per heavy atom. The Bertz CT molecular complexity index is 765. The van der Waals surface area contributed by atoms with Gasteiger partial charge < -0.3 is 5.11 Å². The fourth-order valence-electron chi connectivity index (χ4n) is 3.48. The molecule has 1 aliphatic carbocycles. The van der Waals surface area contributed by atoms with Gasteiger partial charge >= 0.3 is 0 Å². The Kier molecular flexibility index (Phi) is 3.01. The maximum absolute atomic E-state index is 10.8. The molecule has 1 heteroatoms. The van der Waals surface area contributed by atoms with Crippen molar-refractivity contribution in [2.75, 3.05) is 0 Å². The first kappa shape index (κ1) is 12.6. The first-order chi connectivity index (χ1) is 10.3. The fraction of sp³-hybridized carbons (Fsp3) is 0.200. The molecule has 1 atom stereocenters. The van der Waals surface area contributed by atoms with Gasteiger partial charge in [-0.2, -0.15) is 0 Å². The molecule has 3 aromatic carbocycles. The minimum atomic E-state index is -0.387. The van der Waals surface area contributed by atoms with Crippen molar-refractivity contribution >= 4 is 10.8 Å². The quantitative estimate of drug-likeness (QED) is 0.739. The molecule has 4 rings (SSSR count). The molecule has 0 aromatic heterocycles. The summed E-state index contributed by atoms with van der Waals surface area (Å²) >= 11 is 0. The van der Waals surface area contributed by atoms with Crippen LogP contribution in [0.1, 0.15) is 22.8 Å². The lowest BCUT2D eigenvalue weighted by atomic mass is 9.92. The number of rotatable bonds is 2. The van der Waals surface area contributed by atoms with Crippen molar-refractivity contribution in [2.45, 2.75) is 18.9 Å². The van der Waals surface area contributed by atoms with Gasteiger partial charge in [-0.1, -0.05) is 60.7 Å². The molecule has 0 saturated heterocycles. The van der Waals surface area contributed by atoms with E-state index in [1.807, 2.05) is 12.1 Å². The monoisotopic (exact) mass is 274 g/mol. The van der Waals surface area contributed by atoms with Gasteiger partial charge in [0.05, 0.1) is 6.10 Å². The molecule has 3 aromatic rings. The number of hydrogen-bond acceptors (Lipinski definition) is 1. The number of fused-ring (bicyclic) bond motifs is 2. The first-order valence-electron chi connectivity index (χ1n) is 7.55. The van der Waals surface area contributed by atoms with Crippen molar-refractivity contribution in [2.24, 2.45) is 5.92 Å². The lowest BCUT2D eigenvalue weighted by molar-refractivity contribution is 0.113. The average Bonchev–Trinajstić information content (AvgIpc) is 2.97. The molecule has 0 saturated carbocycles. The normalized spacial score (nSPS) is 16.0. The van der Waals surface area contributed by atoms with Gasteiger partial charge in [0.15, 0.2) is 0 Å². The standard InChI is InChI=1S/C20H18O/c21-20(19-12-16-7-3-4-8-17(16)13-19)18-10-9-14-5-1-2-6-15(14)11-18/h1-11,19-21H,12-13H2. The molecule has 1 unspecified atom stereocenters. The van der Waals surface area contributed by atoms with Crippen LogP contribution in [0, 0.1) is 5.92 Å². The van der Waals surface area contributed by atoms with Crippen molar-refractivity contribution in [3.8, 4) is 0 Å². The number of aliphatic hydroxyl groups is 1. The zero-order valence-electron chi connectivity index (χ0n) is 11.9. The third kappa shape index (κ3) is 2.24. The summed E-state index contributed by atoms with van der Waals surface area (Å²) in [5, 5.41) is 13.2. The van der Waals surface area contributed by atoms with Gasteiger partial charge in [0.1, 0.15) is 0 Å². The van der Waals surface area contributed by atoms with Crippen molar-refractivity contribution in [1.29, 1.82) is 0 Å². The highest BCUT2D eigenvalue weighted by Gasteiger charge is 2.28. The molecule has 104 valence electrons. The lowest BCUT2D eigenvalue weighted by Gasteiger charge is -2.18. The van der Waals surface area contributed by atoms with Crippen molar-refractivity contribution in [3.63, 3.8) is 0 Å². The Labute approximate surface area is 124 Å². The highest BCUT2D eigenvalue weighted by atomic mass is 16.3. The minimum absolute atomic E-state index is 0.295. The van der Waals surface area contributed by atoms with Crippen LogP contribution in [0.3, 0.4) is 0 Å². The maximum atomic E-state index is 10.8. The van der Waals surface area contributed by atoms with E-state index in [1.54, 1.807) is 0 Å². The molecule has 0 amide bonds. The third-order valence-corrected chi connectivity index (χ3v) is 4.64. The fourth-order valence-corrected chi connectivity index (χ4v) is 3.48. The largest absolute Gasteiger partial charge is 0.388 e. The summed E-state index contributed by atoms with van der Waals surface area (Å²) in [4.78, 5) is 0. The second-order valence-corrected chi connectivity index (χ2v) is 5.99.